The summed E-state index contributed by atoms with van der Waals surface area (Å²) in [5.41, 5.74) is 4.49. The zero-order chi connectivity index (χ0) is 18.8. The molecule has 0 fully saturated rings. The van der Waals surface area contributed by atoms with Crippen molar-refractivity contribution in [2.45, 2.75) is 13.8 Å². The van der Waals surface area contributed by atoms with Crippen molar-refractivity contribution >= 4 is 43.7 Å². The van der Waals surface area contributed by atoms with E-state index in [0.717, 1.165) is 38.2 Å². The van der Waals surface area contributed by atoms with Crippen LogP contribution in [-0.4, -0.2) is 0 Å². The lowest BCUT2D eigenvalue weighted by Gasteiger charge is -2.08. The third-order valence-corrected chi connectivity index (χ3v) is 5.70. The number of rotatable bonds is 0. The largest absolute Gasteiger partial charge is 0.245 e. The van der Waals surface area contributed by atoms with Gasteiger partial charge in [-0.25, -0.2) is 9.98 Å². The molecule has 1 heterocycles. The molecule has 0 aliphatic carbocycles. The number of hydrogen-bond acceptors (Lipinski definition) is 2. The van der Waals surface area contributed by atoms with Gasteiger partial charge in [-0.15, -0.1) is 0 Å². The summed E-state index contributed by atoms with van der Waals surface area (Å²) in [5.74, 6) is 0. The summed E-state index contributed by atoms with van der Waals surface area (Å²) in [4.78, 5) is 10.3. The smallest absolute Gasteiger partial charge is 0.0978 e. The molecule has 28 heavy (non-hydrogen) atoms. The minimum Gasteiger partial charge on any atom is -0.245 e. The van der Waals surface area contributed by atoms with Gasteiger partial charge >= 0.3 is 0 Å². The summed E-state index contributed by atoms with van der Waals surface area (Å²) in [6.07, 6.45) is 0. The molecule has 0 bridgehead atoms. The van der Waals surface area contributed by atoms with E-state index >= 15 is 0 Å². The van der Waals surface area contributed by atoms with Crippen molar-refractivity contribution in [1.82, 2.24) is 0 Å². The topological polar surface area (TPSA) is 24.7 Å². The molecule has 0 unspecified atom stereocenters. The second-order valence-corrected chi connectivity index (χ2v) is 7.67. The Bertz CT molecular complexity index is 1460. The molecule has 2 heteroatoms. The SMILES string of the molecule is Cc1ccc2c3c(c4ccc(C)cc4c2c1)=Nc1cccc2cccc(c12)N=3. The Morgan fingerprint density at radius 3 is 1.54 bits per heavy atom. The Balaban J connectivity index is 1.97. The van der Waals surface area contributed by atoms with Crippen molar-refractivity contribution in [1.29, 1.82) is 0 Å². The first kappa shape index (κ1) is 15.5. The van der Waals surface area contributed by atoms with Crippen molar-refractivity contribution in [3.8, 4) is 0 Å². The fourth-order valence-electron chi connectivity index (χ4n) is 4.39. The molecule has 132 valence electrons. The quantitative estimate of drug-likeness (QED) is 0.298. The van der Waals surface area contributed by atoms with Crippen LogP contribution in [0.15, 0.2) is 82.8 Å². The molecule has 5 aromatic carbocycles. The van der Waals surface area contributed by atoms with Crippen LogP contribution >= 0.6 is 0 Å². The minimum absolute atomic E-state index is 0.968. The molecule has 0 atom stereocenters. The fourth-order valence-corrected chi connectivity index (χ4v) is 4.39. The van der Waals surface area contributed by atoms with Crippen LogP contribution in [0.2, 0.25) is 0 Å². The molecule has 0 N–H and O–H groups in total. The maximum atomic E-state index is 5.16. The van der Waals surface area contributed by atoms with Gasteiger partial charge < -0.3 is 0 Å². The predicted octanol–water partition coefficient (Wildman–Crippen LogP) is 5.98. The number of nitrogens with zero attached hydrogens (tertiary/aromatic N) is 2. The van der Waals surface area contributed by atoms with E-state index in [-0.39, 0.29) is 0 Å². The third kappa shape index (κ3) is 2.09. The van der Waals surface area contributed by atoms with E-state index in [2.05, 4.69) is 86.6 Å². The van der Waals surface area contributed by atoms with E-state index < -0.39 is 0 Å². The molecule has 1 aliphatic rings. The number of aryl methyl sites for hydroxylation is 2. The number of hydrogen-bond donors (Lipinski definition) is 0. The van der Waals surface area contributed by atoms with E-state index in [1.54, 1.807) is 0 Å². The molecule has 0 aromatic heterocycles. The van der Waals surface area contributed by atoms with Crippen LogP contribution in [0.3, 0.4) is 0 Å². The van der Waals surface area contributed by atoms with Crippen molar-refractivity contribution < 1.29 is 0 Å². The van der Waals surface area contributed by atoms with E-state index in [0.29, 0.717) is 0 Å². The first-order chi connectivity index (χ1) is 13.7. The summed E-state index contributed by atoms with van der Waals surface area (Å²) in [7, 11) is 0. The van der Waals surface area contributed by atoms with Crippen LogP contribution in [0, 0.1) is 13.8 Å². The zero-order valence-electron chi connectivity index (χ0n) is 15.8. The normalized spacial score (nSPS) is 12.5. The molecule has 2 nitrogen and oxygen atoms in total. The van der Waals surface area contributed by atoms with Crippen molar-refractivity contribution in [3.05, 3.63) is 94.6 Å². The van der Waals surface area contributed by atoms with Crippen LogP contribution < -0.4 is 10.7 Å². The Morgan fingerprint density at radius 1 is 0.536 bits per heavy atom. The molecule has 0 spiro atoms. The second kappa shape index (κ2) is 5.49. The summed E-state index contributed by atoms with van der Waals surface area (Å²) < 4.78 is 0. The highest BCUT2D eigenvalue weighted by atomic mass is 14.8. The van der Waals surface area contributed by atoms with Crippen LogP contribution in [0.1, 0.15) is 11.1 Å². The monoisotopic (exact) mass is 358 g/mol. The van der Waals surface area contributed by atoms with Crippen molar-refractivity contribution in [2.24, 2.45) is 9.98 Å². The third-order valence-electron chi connectivity index (χ3n) is 5.70. The van der Waals surface area contributed by atoms with Crippen LogP contribution in [-0.2, 0) is 0 Å². The molecule has 0 radical (unpaired) electrons. The summed E-state index contributed by atoms with van der Waals surface area (Å²) in [6.45, 7) is 4.29. The Morgan fingerprint density at radius 2 is 1.04 bits per heavy atom. The summed E-state index contributed by atoms with van der Waals surface area (Å²) in [5, 5.41) is 9.05. The van der Waals surface area contributed by atoms with Crippen molar-refractivity contribution in [3.63, 3.8) is 0 Å². The van der Waals surface area contributed by atoms with Gasteiger partial charge in [-0.1, -0.05) is 71.8 Å². The van der Waals surface area contributed by atoms with Crippen molar-refractivity contribution in [2.75, 3.05) is 0 Å². The van der Waals surface area contributed by atoms with Gasteiger partial charge in [0, 0.05) is 16.2 Å². The van der Waals surface area contributed by atoms with Gasteiger partial charge in [0.25, 0.3) is 0 Å². The molecular weight excluding hydrogens is 340 g/mol. The predicted molar refractivity (Wildman–Crippen MR) is 117 cm³/mol. The lowest BCUT2D eigenvalue weighted by molar-refractivity contribution is 1.30. The highest BCUT2D eigenvalue weighted by Crippen LogP contribution is 2.35. The van der Waals surface area contributed by atoms with Crippen LogP contribution in [0.25, 0.3) is 32.3 Å². The molecule has 5 aromatic rings. The van der Waals surface area contributed by atoms with E-state index in [1.165, 1.54) is 27.3 Å². The number of fused-ring (bicyclic) bond motifs is 6. The fraction of sp³-hybridized carbons (Fsp3) is 0.0769. The Kier molecular flexibility index (Phi) is 3.05. The van der Waals surface area contributed by atoms with Gasteiger partial charge in [0.05, 0.1) is 22.1 Å². The summed E-state index contributed by atoms with van der Waals surface area (Å²) in [6, 6.07) is 25.9. The van der Waals surface area contributed by atoms with Gasteiger partial charge in [0.1, 0.15) is 0 Å². The van der Waals surface area contributed by atoms with Crippen LogP contribution in [0.5, 0.6) is 0 Å². The molecule has 1 aliphatic heterocycles. The van der Waals surface area contributed by atoms with E-state index in [1.807, 2.05) is 0 Å². The highest BCUT2D eigenvalue weighted by molar-refractivity contribution is 6.08. The standard InChI is InChI=1S/C26H18N2/c1-15-9-11-18-20(13-15)21-14-16(2)10-12-19(21)26-25(18)27-22-7-3-5-17-6-4-8-23(28-26)24(17)22/h3-14H,1-2H3. The Labute approximate surface area is 162 Å². The maximum absolute atomic E-state index is 5.16. The van der Waals surface area contributed by atoms with Gasteiger partial charge in [0.2, 0.25) is 0 Å². The molecule has 0 amide bonds. The molecule has 6 rings (SSSR count). The molecular formula is C26H18N2. The second-order valence-electron chi connectivity index (χ2n) is 7.67. The zero-order valence-corrected chi connectivity index (χ0v) is 15.8. The lowest BCUT2D eigenvalue weighted by atomic mass is 9.97. The van der Waals surface area contributed by atoms with Gasteiger partial charge in [-0.2, -0.15) is 0 Å². The Hall–Kier alpha value is -3.52. The van der Waals surface area contributed by atoms with Gasteiger partial charge in [-0.05, 0) is 42.1 Å². The molecule has 0 saturated carbocycles. The number of benzene rings is 5. The summed E-state index contributed by atoms with van der Waals surface area (Å²) >= 11 is 0. The van der Waals surface area contributed by atoms with Crippen LogP contribution in [0.4, 0.5) is 11.4 Å². The average molecular weight is 358 g/mol. The first-order valence-electron chi connectivity index (χ1n) is 9.61. The molecule has 0 saturated heterocycles. The first-order valence-corrected chi connectivity index (χ1v) is 9.61. The minimum atomic E-state index is 0.968. The maximum Gasteiger partial charge on any atom is 0.0978 e. The average Bonchev–Trinajstić information content (AvgIpc) is 2.87. The van der Waals surface area contributed by atoms with Gasteiger partial charge in [0.15, 0.2) is 0 Å². The van der Waals surface area contributed by atoms with E-state index in [9.17, 15) is 0 Å². The van der Waals surface area contributed by atoms with Gasteiger partial charge in [-0.3, -0.25) is 0 Å². The lowest BCUT2D eigenvalue weighted by Crippen LogP contribution is -2.26. The highest BCUT2D eigenvalue weighted by Gasteiger charge is 2.14. The van der Waals surface area contributed by atoms with E-state index in [4.69, 9.17) is 9.98 Å².